The third kappa shape index (κ3) is 3.74. The third-order valence-electron chi connectivity index (χ3n) is 5.98. The number of hydrogen-bond acceptors (Lipinski definition) is 4. The molecule has 28 heavy (non-hydrogen) atoms. The van der Waals surface area contributed by atoms with Crippen LogP contribution < -0.4 is 10.2 Å². The first kappa shape index (κ1) is 19.9. The van der Waals surface area contributed by atoms with Gasteiger partial charge >= 0.3 is 0 Å². The number of anilines is 1. The van der Waals surface area contributed by atoms with Gasteiger partial charge in [-0.3, -0.25) is 4.79 Å². The van der Waals surface area contributed by atoms with Crippen molar-refractivity contribution in [1.29, 1.82) is 0 Å². The van der Waals surface area contributed by atoms with Crippen molar-refractivity contribution in [2.45, 2.75) is 45.3 Å². The molecule has 0 aromatic carbocycles. The molecule has 8 heteroatoms. The van der Waals surface area contributed by atoms with Gasteiger partial charge in [-0.1, -0.05) is 19.6 Å². The highest BCUT2D eigenvalue weighted by Gasteiger charge is 2.47. The SMILES string of the molecule is C[Si](C)(C)CCOCn1ccc2c(N3CCC4(CCNC4=O)C3)c(Br)cnc21. The van der Waals surface area contributed by atoms with Crippen molar-refractivity contribution in [2.24, 2.45) is 5.41 Å². The van der Waals surface area contributed by atoms with Crippen LogP contribution in [0.4, 0.5) is 5.69 Å². The fourth-order valence-electron chi connectivity index (χ4n) is 4.24. The molecule has 4 rings (SSSR count). The maximum atomic E-state index is 12.4. The highest BCUT2D eigenvalue weighted by molar-refractivity contribution is 9.10. The zero-order valence-corrected chi connectivity index (χ0v) is 19.5. The first-order chi connectivity index (χ1) is 13.3. The molecule has 0 radical (unpaired) electrons. The fraction of sp³-hybridized carbons (Fsp3) is 0.600. The standard InChI is InChI=1S/C20H29BrN4O2Si/c1-28(2,3)11-10-27-14-25-8-4-15-17(16(21)12-23-18(15)25)24-9-6-20(13-24)5-7-22-19(20)26/h4,8,12H,5-7,9-11,13-14H2,1-3H3,(H,22,26). The summed E-state index contributed by atoms with van der Waals surface area (Å²) in [5.41, 5.74) is 1.85. The Labute approximate surface area is 175 Å². The van der Waals surface area contributed by atoms with E-state index in [2.05, 4.69) is 67.6 Å². The summed E-state index contributed by atoms with van der Waals surface area (Å²) in [5.74, 6) is 0.213. The Morgan fingerprint density at radius 2 is 2.18 bits per heavy atom. The number of aromatic nitrogens is 2. The van der Waals surface area contributed by atoms with Crippen molar-refractivity contribution in [3.8, 4) is 0 Å². The zero-order valence-electron chi connectivity index (χ0n) is 16.9. The predicted molar refractivity (Wildman–Crippen MR) is 118 cm³/mol. The molecule has 2 aliphatic rings. The van der Waals surface area contributed by atoms with Crippen LogP contribution in [0.1, 0.15) is 12.8 Å². The van der Waals surface area contributed by atoms with Gasteiger partial charge in [0.2, 0.25) is 5.91 Å². The van der Waals surface area contributed by atoms with Gasteiger partial charge < -0.3 is 19.5 Å². The summed E-state index contributed by atoms with van der Waals surface area (Å²) in [6.45, 7) is 10.9. The lowest BCUT2D eigenvalue weighted by molar-refractivity contribution is -0.126. The van der Waals surface area contributed by atoms with Crippen LogP contribution in [0.25, 0.3) is 11.0 Å². The Kier molecular flexibility index (Phi) is 5.31. The van der Waals surface area contributed by atoms with Gasteiger partial charge in [-0.15, -0.1) is 0 Å². The quantitative estimate of drug-likeness (QED) is 0.521. The average Bonchev–Trinajstić information content (AvgIpc) is 3.32. The van der Waals surface area contributed by atoms with E-state index in [-0.39, 0.29) is 11.3 Å². The number of hydrogen-bond donors (Lipinski definition) is 1. The highest BCUT2D eigenvalue weighted by atomic mass is 79.9. The van der Waals surface area contributed by atoms with Crippen LogP contribution in [0.15, 0.2) is 22.9 Å². The van der Waals surface area contributed by atoms with E-state index in [1.54, 1.807) is 0 Å². The third-order valence-corrected chi connectivity index (χ3v) is 8.27. The number of carbonyl (C=O) groups is 1. The van der Waals surface area contributed by atoms with Gasteiger partial charge in [0.1, 0.15) is 12.4 Å². The summed E-state index contributed by atoms with van der Waals surface area (Å²) in [6, 6.07) is 3.28. The molecule has 6 nitrogen and oxygen atoms in total. The van der Waals surface area contributed by atoms with E-state index in [0.717, 1.165) is 66.3 Å². The lowest BCUT2D eigenvalue weighted by atomic mass is 9.86. The molecule has 2 fully saturated rings. The van der Waals surface area contributed by atoms with Crippen molar-refractivity contribution in [2.75, 3.05) is 31.1 Å². The van der Waals surface area contributed by atoms with E-state index in [9.17, 15) is 4.79 Å². The van der Waals surface area contributed by atoms with E-state index < -0.39 is 8.07 Å². The molecule has 1 amide bonds. The Balaban J connectivity index is 1.54. The largest absolute Gasteiger partial charge is 0.369 e. The van der Waals surface area contributed by atoms with Gasteiger partial charge in [-0.05, 0) is 40.9 Å². The number of nitrogens with one attached hydrogen (secondary N) is 1. The van der Waals surface area contributed by atoms with Crippen LogP contribution >= 0.6 is 15.9 Å². The molecular weight excluding hydrogens is 436 g/mol. The van der Waals surface area contributed by atoms with Crippen LogP contribution in [-0.2, 0) is 16.3 Å². The monoisotopic (exact) mass is 464 g/mol. The molecule has 1 N–H and O–H groups in total. The van der Waals surface area contributed by atoms with Gasteiger partial charge in [0.15, 0.2) is 0 Å². The maximum absolute atomic E-state index is 12.4. The van der Waals surface area contributed by atoms with E-state index in [0.29, 0.717) is 6.73 Å². The molecule has 1 atom stereocenters. The number of pyridine rings is 1. The van der Waals surface area contributed by atoms with Gasteiger partial charge in [0.25, 0.3) is 0 Å². The number of fused-ring (bicyclic) bond motifs is 1. The van der Waals surface area contributed by atoms with Crippen molar-refractivity contribution in [3.63, 3.8) is 0 Å². The molecule has 2 saturated heterocycles. The van der Waals surface area contributed by atoms with Crippen LogP contribution in [0.3, 0.4) is 0 Å². The summed E-state index contributed by atoms with van der Waals surface area (Å²) in [7, 11) is -1.08. The van der Waals surface area contributed by atoms with Gasteiger partial charge in [-0.25, -0.2) is 4.98 Å². The molecule has 0 bridgehead atoms. The lowest BCUT2D eigenvalue weighted by Gasteiger charge is -2.24. The minimum absolute atomic E-state index is 0.213. The van der Waals surface area contributed by atoms with E-state index >= 15 is 0 Å². The van der Waals surface area contributed by atoms with Crippen molar-refractivity contribution in [1.82, 2.24) is 14.9 Å². The summed E-state index contributed by atoms with van der Waals surface area (Å²) in [6.07, 6.45) is 5.77. The molecule has 4 heterocycles. The molecule has 0 aliphatic carbocycles. The van der Waals surface area contributed by atoms with Crippen LogP contribution in [0, 0.1) is 5.41 Å². The fourth-order valence-corrected chi connectivity index (χ4v) is 5.56. The highest BCUT2D eigenvalue weighted by Crippen LogP contribution is 2.43. The second-order valence-electron chi connectivity index (χ2n) is 9.28. The number of halogens is 1. The second-order valence-corrected chi connectivity index (χ2v) is 15.8. The number of rotatable bonds is 6. The van der Waals surface area contributed by atoms with Crippen LogP contribution in [0.5, 0.6) is 0 Å². The van der Waals surface area contributed by atoms with E-state index in [4.69, 9.17) is 4.74 Å². The van der Waals surface area contributed by atoms with Gasteiger partial charge in [-0.2, -0.15) is 0 Å². The summed E-state index contributed by atoms with van der Waals surface area (Å²) < 4.78 is 8.98. The molecule has 152 valence electrons. The first-order valence-electron chi connectivity index (χ1n) is 10.0. The minimum Gasteiger partial charge on any atom is -0.369 e. The molecule has 1 spiro atoms. The van der Waals surface area contributed by atoms with Crippen molar-refractivity contribution < 1.29 is 9.53 Å². The summed E-state index contributed by atoms with van der Waals surface area (Å²) in [4.78, 5) is 19.4. The van der Waals surface area contributed by atoms with E-state index in [1.165, 1.54) is 0 Å². The minimum atomic E-state index is -1.08. The Morgan fingerprint density at radius 3 is 2.89 bits per heavy atom. The van der Waals surface area contributed by atoms with Crippen molar-refractivity contribution >= 4 is 46.6 Å². The molecule has 1 unspecified atom stereocenters. The smallest absolute Gasteiger partial charge is 0.228 e. The lowest BCUT2D eigenvalue weighted by Crippen LogP contribution is -2.34. The summed E-state index contributed by atoms with van der Waals surface area (Å²) >= 11 is 3.69. The first-order valence-corrected chi connectivity index (χ1v) is 14.5. The zero-order chi connectivity index (χ0) is 19.9. The molecule has 2 aromatic heterocycles. The predicted octanol–water partition coefficient (Wildman–Crippen LogP) is 3.83. The number of nitrogens with zero attached hydrogens (tertiary/aromatic N) is 3. The molecule has 2 aromatic rings. The average molecular weight is 465 g/mol. The van der Waals surface area contributed by atoms with Gasteiger partial charge in [0.05, 0.1) is 15.6 Å². The Morgan fingerprint density at radius 1 is 1.36 bits per heavy atom. The Bertz CT molecular complexity index is 894. The van der Waals surface area contributed by atoms with Gasteiger partial charge in [0, 0.05) is 52.1 Å². The molecule has 0 saturated carbocycles. The normalized spacial score (nSPS) is 22.6. The topological polar surface area (TPSA) is 59.4 Å². The number of amides is 1. The molecule has 2 aliphatic heterocycles. The van der Waals surface area contributed by atoms with Crippen LogP contribution in [0.2, 0.25) is 25.7 Å². The molecular formula is C20H29BrN4O2Si. The van der Waals surface area contributed by atoms with Crippen LogP contribution in [-0.4, -0.2) is 49.8 Å². The second kappa shape index (κ2) is 7.46. The van der Waals surface area contributed by atoms with Crippen molar-refractivity contribution in [3.05, 3.63) is 22.9 Å². The summed E-state index contributed by atoms with van der Waals surface area (Å²) in [5, 5.41) is 4.12. The maximum Gasteiger partial charge on any atom is 0.228 e. The number of carbonyl (C=O) groups excluding carboxylic acids is 1. The number of ether oxygens (including phenoxy) is 1. The van der Waals surface area contributed by atoms with E-state index in [1.807, 2.05) is 6.20 Å². The Hall–Kier alpha value is -1.38.